The number of hydrogen-bond donors (Lipinski definition) is 1. The second-order valence-corrected chi connectivity index (χ2v) is 3.67. The molecule has 0 heterocycles. The number of anilines is 1. The number of rotatable bonds is 4. The second-order valence-electron chi connectivity index (χ2n) is 3.67. The summed E-state index contributed by atoms with van der Waals surface area (Å²) in [5.41, 5.74) is 0.439. The van der Waals surface area contributed by atoms with Crippen LogP contribution in [0.25, 0.3) is 0 Å². The van der Waals surface area contributed by atoms with Crippen LogP contribution in [0.3, 0.4) is 0 Å². The molecule has 4 heteroatoms. The Bertz CT molecular complexity index is 364. The van der Waals surface area contributed by atoms with Gasteiger partial charge in [-0.1, -0.05) is 0 Å². The van der Waals surface area contributed by atoms with Crippen LogP contribution in [0.2, 0.25) is 0 Å². The summed E-state index contributed by atoms with van der Waals surface area (Å²) in [6, 6.07) is 4.79. The molecule has 1 fully saturated rings. The first kappa shape index (κ1) is 10.2. The van der Waals surface area contributed by atoms with E-state index in [0.29, 0.717) is 5.69 Å². The van der Waals surface area contributed by atoms with Crippen LogP contribution in [0.15, 0.2) is 18.2 Å². The average Bonchev–Trinajstić information content (AvgIpc) is 2.99. The van der Waals surface area contributed by atoms with Gasteiger partial charge in [0, 0.05) is 18.9 Å². The molecule has 1 aromatic carbocycles. The summed E-state index contributed by atoms with van der Waals surface area (Å²) in [7, 11) is 3.10. The standard InChI is InChI=1S/C11H14FNO2/c1-14-10-4-3-8(7-9(10)12)13-11(15-2)5-6-11/h3-4,7,13H,5-6H2,1-2H3. The number of hydrogen-bond acceptors (Lipinski definition) is 3. The minimum atomic E-state index is -0.366. The summed E-state index contributed by atoms with van der Waals surface area (Å²) in [6.07, 6.45) is 1.91. The van der Waals surface area contributed by atoms with E-state index in [1.54, 1.807) is 19.2 Å². The zero-order chi connectivity index (χ0) is 10.9. The normalized spacial score (nSPS) is 17.3. The molecule has 0 saturated heterocycles. The van der Waals surface area contributed by atoms with Crippen molar-refractivity contribution < 1.29 is 13.9 Å². The monoisotopic (exact) mass is 211 g/mol. The molecular weight excluding hydrogens is 197 g/mol. The topological polar surface area (TPSA) is 30.5 Å². The van der Waals surface area contributed by atoms with Crippen LogP contribution in [0.4, 0.5) is 10.1 Å². The van der Waals surface area contributed by atoms with E-state index in [9.17, 15) is 4.39 Å². The first-order valence-electron chi connectivity index (χ1n) is 4.86. The van der Waals surface area contributed by atoms with Gasteiger partial charge in [-0.25, -0.2) is 4.39 Å². The van der Waals surface area contributed by atoms with Crippen LogP contribution in [-0.2, 0) is 4.74 Å². The van der Waals surface area contributed by atoms with E-state index in [1.165, 1.54) is 13.2 Å². The highest BCUT2D eigenvalue weighted by atomic mass is 19.1. The largest absolute Gasteiger partial charge is 0.494 e. The maximum absolute atomic E-state index is 13.3. The van der Waals surface area contributed by atoms with Gasteiger partial charge in [0.15, 0.2) is 11.6 Å². The molecule has 3 nitrogen and oxygen atoms in total. The van der Waals surface area contributed by atoms with Gasteiger partial charge >= 0.3 is 0 Å². The molecule has 82 valence electrons. The molecule has 1 aromatic rings. The summed E-state index contributed by atoms with van der Waals surface area (Å²) in [4.78, 5) is 0. The lowest BCUT2D eigenvalue weighted by Gasteiger charge is -2.17. The SMILES string of the molecule is COc1ccc(NC2(OC)CC2)cc1F. The number of benzene rings is 1. The van der Waals surface area contributed by atoms with Gasteiger partial charge in [0.1, 0.15) is 5.72 Å². The molecule has 1 saturated carbocycles. The third-order valence-electron chi connectivity index (χ3n) is 2.62. The highest BCUT2D eigenvalue weighted by molar-refractivity contribution is 5.49. The van der Waals surface area contributed by atoms with Crippen LogP contribution >= 0.6 is 0 Å². The lowest BCUT2D eigenvalue weighted by molar-refractivity contribution is 0.104. The van der Waals surface area contributed by atoms with E-state index < -0.39 is 0 Å². The summed E-state index contributed by atoms with van der Waals surface area (Å²) >= 11 is 0. The molecule has 0 aliphatic heterocycles. The average molecular weight is 211 g/mol. The molecule has 0 aromatic heterocycles. The Hall–Kier alpha value is -1.29. The van der Waals surface area contributed by atoms with Gasteiger partial charge in [-0.05, 0) is 25.0 Å². The highest BCUT2D eigenvalue weighted by Gasteiger charge is 2.43. The zero-order valence-electron chi connectivity index (χ0n) is 8.84. The Morgan fingerprint density at radius 1 is 1.33 bits per heavy atom. The van der Waals surface area contributed by atoms with Crippen molar-refractivity contribution >= 4 is 5.69 Å². The highest BCUT2D eigenvalue weighted by Crippen LogP contribution is 2.39. The van der Waals surface area contributed by atoms with Gasteiger partial charge in [-0.2, -0.15) is 0 Å². The Labute approximate surface area is 88.2 Å². The summed E-state index contributed by atoms with van der Waals surface area (Å²) in [5.74, 6) is -0.114. The Kier molecular flexibility index (Phi) is 2.52. The van der Waals surface area contributed by atoms with Gasteiger partial charge in [-0.15, -0.1) is 0 Å². The van der Waals surface area contributed by atoms with E-state index in [4.69, 9.17) is 9.47 Å². The fourth-order valence-electron chi connectivity index (χ4n) is 1.50. The maximum Gasteiger partial charge on any atom is 0.167 e. The fraction of sp³-hybridized carbons (Fsp3) is 0.455. The minimum Gasteiger partial charge on any atom is -0.494 e. The fourth-order valence-corrected chi connectivity index (χ4v) is 1.50. The molecule has 2 rings (SSSR count). The number of nitrogens with one attached hydrogen (secondary N) is 1. The first-order chi connectivity index (χ1) is 7.19. The van der Waals surface area contributed by atoms with Crippen molar-refractivity contribution in [3.63, 3.8) is 0 Å². The molecule has 0 unspecified atom stereocenters. The molecule has 1 N–H and O–H groups in total. The smallest absolute Gasteiger partial charge is 0.167 e. The molecule has 0 radical (unpaired) electrons. The van der Waals surface area contributed by atoms with Crippen molar-refractivity contribution in [3.8, 4) is 5.75 Å². The van der Waals surface area contributed by atoms with E-state index in [0.717, 1.165) is 12.8 Å². The number of halogens is 1. The van der Waals surface area contributed by atoms with Gasteiger partial charge in [-0.3, -0.25) is 0 Å². The molecule has 15 heavy (non-hydrogen) atoms. The summed E-state index contributed by atoms with van der Waals surface area (Å²) in [6.45, 7) is 0. The van der Waals surface area contributed by atoms with Crippen molar-refractivity contribution in [3.05, 3.63) is 24.0 Å². The van der Waals surface area contributed by atoms with Crippen molar-refractivity contribution in [2.45, 2.75) is 18.6 Å². The van der Waals surface area contributed by atoms with E-state index in [-0.39, 0.29) is 17.3 Å². The summed E-state index contributed by atoms with van der Waals surface area (Å²) < 4.78 is 23.5. The molecular formula is C11H14FNO2. The predicted molar refractivity (Wildman–Crippen MR) is 55.5 cm³/mol. The second kappa shape index (κ2) is 3.70. The number of ether oxygens (including phenoxy) is 2. The van der Waals surface area contributed by atoms with Crippen molar-refractivity contribution in [1.82, 2.24) is 0 Å². The summed E-state index contributed by atoms with van der Waals surface area (Å²) in [5, 5.41) is 3.15. The first-order valence-corrected chi connectivity index (χ1v) is 4.86. The van der Waals surface area contributed by atoms with Crippen molar-refractivity contribution in [2.75, 3.05) is 19.5 Å². The van der Waals surface area contributed by atoms with Crippen LogP contribution in [0.1, 0.15) is 12.8 Å². The molecule has 0 amide bonds. The van der Waals surface area contributed by atoms with Gasteiger partial charge in [0.05, 0.1) is 7.11 Å². The third-order valence-corrected chi connectivity index (χ3v) is 2.62. The van der Waals surface area contributed by atoms with E-state index in [1.807, 2.05) is 0 Å². The molecule has 1 aliphatic rings. The van der Waals surface area contributed by atoms with Gasteiger partial charge < -0.3 is 14.8 Å². The van der Waals surface area contributed by atoms with Crippen molar-refractivity contribution in [2.24, 2.45) is 0 Å². The zero-order valence-corrected chi connectivity index (χ0v) is 8.84. The molecule has 0 atom stereocenters. The molecule has 0 bridgehead atoms. The maximum atomic E-state index is 13.3. The van der Waals surface area contributed by atoms with Crippen LogP contribution in [0, 0.1) is 5.82 Å². The Morgan fingerprint density at radius 2 is 2.07 bits per heavy atom. The lowest BCUT2D eigenvalue weighted by Crippen LogP contribution is -2.23. The predicted octanol–water partition coefficient (Wildman–Crippen LogP) is 2.38. The van der Waals surface area contributed by atoms with Gasteiger partial charge in [0.2, 0.25) is 0 Å². The third kappa shape index (κ3) is 2.04. The van der Waals surface area contributed by atoms with E-state index in [2.05, 4.69) is 5.32 Å². The Balaban J connectivity index is 2.13. The minimum absolute atomic E-state index is 0.253. The van der Waals surface area contributed by atoms with Gasteiger partial charge in [0.25, 0.3) is 0 Å². The number of methoxy groups -OCH3 is 2. The van der Waals surface area contributed by atoms with E-state index >= 15 is 0 Å². The molecule has 0 spiro atoms. The quantitative estimate of drug-likeness (QED) is 0.775. The lowest BCUT2D eigenvalue weighted by atomic mass is 10.3. The van der Waals surface area contributed by atoms with Crippen LogP contribution in [0.5, 0.6) is 5.75 Å². The molecule has 1 aliphatic carbocycles. The Morgan fingerprint density at radius 3 is 2.53 bits per heavy atom. The van der Waals surface area contributed by atoms with Crippen molar-refractivity contribution in [1.29, 1.82) is 0 Å². The van der Waals surface area contributed by atoms with Crippen LogP contribution < -0.4 is 10.1 Å². The van der Waals surface area contributed by atoms with Crippen LogP contribution in [-0.4, -0.2) is 19.9 Å².